The van der Waals surface area contributed by atoms with E-state index in [9.17, 15) is 0 Å². The molecular formula is C16H17N. The van der Waals surface area contributed by atoms with Crippen LogP contribution in [0.15, 0.2) is 48.7 Å². The summed E-state index contributed by atoms with van der Waals surface area (Å²) in [6.07, 6.45) is 1.75. The van der Waals surface area contributed by atoms with E-state index < -0.39 is 0 Å². The van der Waals surface area contributed by atoms with E-state index in [4.69, 9.17) is 0 Å². The number of hydrogen-bond donors (Lipinski definition) is 0. The molecule has 1 aromatic heterocycles. The number of hydrogen-bond acceptors (Lipinski definition) is 1. The minimum atomic E-state index is 0.804. The van der Waals surface area contributed by atoms with Crippen molar-refractivity contribution in [2.45, 2.75) is 20.8 Å². The maximum Gasteiger partial charge on any atom is 0.113 e. The standard InChI is InChI=1S/C14H11N.C2H6/c1-12-5-7-13(8-6-12)9-10-14-4-2-3-11-15-14;1-2/h2-8,11H,1H3;1-2H3. The van der Waals surface area contributed by atoms with Gasteiger partial charge >= 0.3 is 0 Å². The third kappa shape index (κ3) is 4.53. The van der Waals surface area contributed by atoms with Gasteiger partial charge in [-0.2, -0.15) is 0 Å². The summed E-state index contributed by atoms with van der Waals surface area (Å²) in [6.45, 7) is 6.07. The van der Waals surface area contributed by atoms with Crippen LogP contribution in [0.4, 0.5) is 0 Å². The van der Waals surface area contributed by atoms with Gasteiger partial charge in [0.15, 0.2) is 0 Å². The van der Waals surface area contributed by atoms with Gasteiger partial charge in [-0.1, -0.05) is 43.5 Å². The first kappa shape index (κ1) is 13.0. The van der Waals surface area contributed by atoms with E-state index in [0.29, 0.717) is 0 Å². The summed E-state index contributed by atoms with van der Waals surface area (Å²) in [6, 6.07) is 13.9. The fourth-order valence-corrected chi connectivity index (χ4v) is 1.21. The SMILES string of the molecule is CC.Cc1ccc(C#Cc2ccccn2)cc1. The minimum absolute atomic E-state index is 0.804. The molecular weight excluding hydrogens is 206 g/mol. The van der Waals surface area contributed by atoms with Crippen molar-refractivity contribution in [2.24, 2.45) is 0 Å². The fraction of sp³-hybridized carbons (Fsp3) is 0.188. The molecule has 0 fully saturated rings. The van der Waals surface area contributed by atoms with Gasteiger partial charge < -0.3 is 0 Å². The van der Waals surface area contributed by atoms with Crippen molar-refractivity contribution in [1.29, 1.82) is 0 Å². The van der Waals surface area contributed by atoms with E-state index >= 15 is 0 Å². The van der Waals surface area contributed by atoms with Gasteiger partial charge in [-0.15, -0.1) is 0 Å². The summed E-state index contributed by atoms with van der Waals surface area (Å²) >= 11 is 0. The van der Waals surface area contributed by atoms with Gasteiger partial charge in [-0.25, -0.2) is 4.98 Å². The van der Waals surface area contributed by atoms with Crippen LogP contribution in [0.5, 0.6) is 0 Å². The Morgan fingerprint density at radius 1 is 0.882 bits per heavy atom. The van der Waals surface area contributed by atoms with E-state index in [1.165, 1.54) is 5.56 Å². The molecule has 2 rings (SSSR count). The number of pyridine rings is 1. The van der Waals surface area contributed by atoms with Gasteiger partial charge in [0.05, 0.1) is 0 Å². The smallest absolute Gasteiger partial charge is 0.113 e. The first-order valence-corrected chi connectivity index (χ1v) is 5.84. The van der Waals surface area contributed by atoms with E-state index in [1.54, 1.807) is 6.20 Å². The van der Waals surface area contributed by atoms with Gasteiger partial charge in [-0.05, 0) is 37.1 Å². The maximum absolute atomic E-state index is 4.14. The monoisotopic (exact) mass is 223 g/mol. The molecule has 0 spiro atoms. The summed E-state index contributed by atoms with van der Waals surface area (Å²) in [5, 5.41) is 0. The Kier molecular flexibility index (Phi) is 5.54. The second-order valence-corrected chi connectivity index (χ2v) is 3.33. The summed E-state index contributed by atoms with van der Waals surface area (Å²) < 4.78 is 0. The van der Waals surface area contributed by atoms with Crippen LogP contribution in [0.1, 0.15) is 30.7 Å². The summed E-state index contributed by atoms with van der Waals surface area (Å²) in [5.74, 6) is 6.09. The lowest BCUT2D eigenvalue weighted by molar-refractivity contribution is 1.29. The Labute approximate surface area is 104 Å². The summed E-state index contributed by atoms with van der Waals surface area (Å²) in [7, 11) is 0. The third-order valence-electron chi connectivity index (χ3n) is 2.05. The van der Waals surface area contributed by atoms with Crippen LogP contribution in [0.3, 0.4) is 0 Å². The molecule has 0 bridgehead atoms. The Balaban J connectivity index is 0.000000686. The fourth-order valence-electron chi connectivity index (χ4n) is 1.21. The average molecular weight is 223 g/mol. The van der Waals surface area contributed by atoms with Crippen molar-refractivity contribution >= 4 is 0 Å². The molecule has 0 atom stereocenters. The van der Waals surface area contributed by atoms with Gasteiger partial charge in [0.2, 0.25) is 0 Å². The van der Waals surface area contributed by atoms with Crippen molar-refractivity contribution in [3.63, 3.8) is 0 Å². The topological polar surface area (TPSA) is 12.9 Å². The molecule has 0 amide bonds. The predicted molar refractivity (Wildman–Crippen MR) is 72.7 cm³/mol. The zero-order valence-electron chi connectivity index (χ0n) is 10.6. The second-order valence-electron chi connectivity index (χ2n) is 3.33. The molecule has 17 heavy (non-hydrogen) atoms. The van der Waals surface area contributed by atoms with Crippen molar-refractivity contribution in [3.05, 3.63) is 65.5 Å². The highest BCUT2D eigenvalue weighted by molar-refractivity contribution is 5.40. The quantitative estimate of drug-likeness (QED) is 0.619. The molecule has 0 radical (unpaired) electrons. The van der Waals surface area contributed by atoms with Gasteiger partial charge in [0.25, 0.3) is 0 Å². The molecule has 0 saturated heterocycles. The van der Waals surface area contributed by atoms with E-state index in [2.05, 4.69) is 35.9 Å². The van der Waals surface area contributed by atoms with Gasteiger partial charge in [0, 0.05) is 11.8 Å². The molecule has 1 heterocycles. The predicted octanol–water partition coefficient (Wildman–Crippen LogP) is 3.82. The summed E-state index contributed by atoms with van der Waals surface area (Å²) in [4.78, 5) is 4.14. The average Bonchev–Trinajstić information content (AvgIpc) is 2.42. The highest BCUT2D eigenvalue weighted by Gasteiger charge is 1.87. The molecule has 0 saturated carbocycles. The molecule has 0 N–H and O–H groups in total. The molecule has 1 nitrogen and oxygen atoms in total. The van der Waals surface area contributed by atoms with E-state index in [-0.39, 0.29) is 0 Å². The molecule has 1 heteroatoms. The van der Waals surface area contributed by atoms with Crippen molar-refractivity contribution < 1.29 is 0 Å². The molecule has 0 unspecified atom stereocenters. The molecule has 0 aliphatic heterocycles. The molecule has 1 aromatic carbocycles. The molecule has 2 aromatic rings. The van der Waals surface area contributed by atoms with Crippen molar-refractivity contribution in [3.8, 4) is 11.8 Å². The molecule has 0 aliphatic rings. The van der Waals surface area contributed by atoms with Crippen LogP contribution < -0.4 is 0 Å². The zero-order chi connectivity index (χ0) is 12.5. The normalized spacial score (nSPS) is 8.41. The minimum Gasteiger partial charge on any atom is -0.248 e. The second kappa shape index (κ2) is 7.24. The summed E-state index contributed by atoms with van der Waals surface area (Å²) in [5.41, 5.74) is 3.07. The van der Waals surface area contributed by atoms with Crippen LogP contribution in [0, 0.1) is 18.8 Å². The van der Waals surface area contributed by atoms with E-state index in [1.807, 2.05) is 44.2 Å². The molecule has 86 valence electrons. The number of benzene rings is 1. The highest BCUT2D eigenvalue weighted by atomic mass is 14.6. The Bertz CT molecular complexity index is 487. The van der Waals surface area contributed by atoms with Crippen molar-refractivity contribution in [1.82, 2.24) is 4.98 Å². The van der Waals surface area contributed by atoms with Crippen LogP contribution in [0.25, 0.3) is 0 Å². The lowest BCUT2D eigenvalue weighted by Gasteiger charge is -1.91. The van der Waals surface area contributed by atoms with Gasteiger partial charge in [0.1, 0.15) is 5.69 Å². The Morgan fingerprint density at radius 3 is 2.18 bits per heavy atom. The lowest BCUT2D eigenvalue weighted by Crippen LogP contribution is -1.79. The van der Waals surface area contributed by atoms with Crippen LogP contribution in [-0.4, -0.2) is 4.98 Å². The van der Waals surface area contributed by atoms with Crippen LogP contribution in [0.2, 0.25) is 0 Å². The molecule has 0 aliphatic carbocycles. The first-order valence-electron chi connectivity index (χ1n) is 5.84. The Hall–Kier alpha value is -2.07. The van der Waals surface area contributed by atoms with Crippen LogP contribution >= 0.6 is 0 Å². The number of nitrogens with zero attached hydrogens (tertiary/aromatic N) is 1. The number of rotatable bonds is 0. The third-order valence-corrected chi connectivity index (χ3v) is 2.05. The Morgan fingerprint density at radius 2 is 1.59 bits per heavy atom. The van der Waals surface area contributed by atoms with E-state index in [0.717, 1.165) is 11.3 Å². The largest absolute Gasteiger partial charge is 0.248 e. The number of aromatic nitrogens is 1. The highest BCUT2D eigenvalue weighted by Crippen LogP contribution is 2.01. The zero-order valence-corrected chi connectivity index (χ0v) is 10.6. The van der Waals surface area contributed by atoms with Crippen molar-refractivity contribution in [2.75, 3.05) is 0 Å². The van der Waals surface area contributed by atoms with Crippen LogP contribution in [-0.2, 0) is 0 Å². The van der Waals surface area contributed by atoms with Gasteiger partial charge in [-0.3, -0.25) is 0 Å². The maximum atomic E-state index is 4.14. The first-order chi connectivity index (χ1) is 8.34. The lowest BCUT2D eigenvalue weighted by atomic mass is 10.1. The number of aryl methyl sites for hydroxylation is 1.